The number of hydrogen-bond acceptors (Lipinski definition) is 5. The van der Waals surface area contributed by atoms with Crippen LogP contribution in [0.15, 0.2) is 23.2 Å². The van der Waals surface area contributed by atoms with Crippen molar-refractivity contribution in [1.29, 1.82) is 5.26 Å². The Morgan fingerprint density at radius 3 is 2.88 bits per heavy atom. The first-order chi connectivity index (χ1) is 7.60. The summed E-state index contributed by atoms with van der Waals surface area (Å²) in [7, 11) is 1.33. The maximum atomic E-state index is 10.7. The molecule has 0 bridgehead atoms. The summed E-state index contributed by atoms with van der Waals surface area (Å²) in [5.74, 6) is 0.0479. The maximum absolute atomic E-state index is 10.7. The van der Waals surface area contributed by atoms with Crippen molar-refractivity contribution in [2.45, 2.75) is 0 Å². The van der Waals surface area contributed by atoms with E-state index in [4.69, 9.17) is 15.7 Å². The number of ether oxygens (including phenoxy) is 1. The Morgan fingerprint density at radius 2 is 2.38 bits per heavy atom. The average molecular weight is 220 g/mol. The third kappa shape index (κ3) is 2.24. The molecule has 0 radical (unpaired) electrons. The van der Waals surface area contributed by atoms with Gasteiger partial charge in [-0.25, -0.2) is 0 Å². The fourth-order valence-corrected chi connectivity index (χ4v) is 1.11. The number of amidine groups is 1. The Kier molecular flexibility index (Phi) is 3.40. The van der Waals surface area contributed by atoms with Crippen molar-refractivity contribution in [2.75, 3.05) is 7.11 Å². The maximum Gasteiger partial charge on any atom is 0.311 e. The number of nitriles is 1. The second-order valence-corrected chi connectivity index (χ2v) is 2.74. The monoisotopic (exact) mass is 220 g/mol. The number of aliphatic imine (C=N–C) groups is 1. The van der Waals surface area contributed by atoms with Crippen LogP contribution in [0.4, 0.5) is 5.69 Å². The molecule has 0 aromatic heterocycles. The van der Waals surface area contributed by atoms with Crippen molar-refractivity contribution in [2.24, 2.45) is 10.7 Å². The van der Waals surface area contributed by atoms with E-state index in [1.54, 1.807) is 0 Å². The lowest BCUT2D eigenvalue weighted by atomic mass is 10.1. The molecule has 0 saturated carbocycles. The third-order valence-electron chi connectivity index (χ3n) is 1.84. The van der Waals surface area contributed by atoms with Gasteiger partial charge in [0.15, 0.2) is 5.75 Å². The molecule has 0 saturated heterocycles. The molecule has 0 amide bonds. The largest absolute Gasteiger partial charge is 0.490 e. The van der Waals surface area contributed by atoms with E-state index in [1.807, 2.05) is 0 Å². The summed E-state index contributed by atoms with van der Waals surface area (Å²) in [6.45, 7) is 0. The lowest BCUT2D eigenvalue weighted by molar-refractivity contribution is -0.385. The van der Waals surface area contributed by atoms with Gasteiger partial charge in [0, 0.05) is 11.6 Å². The predicted molar refractivity (Wildman–Crippen MR) is 56.0 cm³/mol. The van der Waals surface area contributed by atoms with E-state index in [2.05, 4.69) is 4.99 Å². The summed E-state index contributed by atoms with van der Waals surface area (Å²) in [6, 6.07) is 4.09. The molecule has 7 heteroatoms. The zero-order valence-electron chi connectivity index (χ0n) is 8.38. The van der Waals surface area contributed by atoms with E-state index in [0.29, 0.717) is 5.56 Å². The molecule has 0 aliphatic rings. The van der Waals surface area contributed by atoms with Crippen molar-refractivity contribution in [3.63, 3.8) is 0 Å². The molecule has 0 aliphatic heterocycles. The summed E-state index contributed by atoms with van der Waals surface area (Å²) in [6.07, 6.45) is 1.51. The van der Waals surface area contributed by atoms with Gasteiger partial charge in [0.05, 0.1) is 12.0 Å². The van der Waals surface area contributed by atoms with Gasteiger partial charge in [-0.15, -0.1) is 0 Å². The minimum absolute atomic E-state index is 0.0757. The molecular weight excluding hydrogens is 212 g/mol. The highest BCUT2D eigenvalue weighted by Crippen LogP contribution is 2.27. The second kappa shape index (κ2) is 4.75. The minimum Gasteiger partial charge on any atom is -0.490 e. The van der Waals surface area contributed by atoms with E-state index < -0.39 is 4.92 Å². The number of nitrogens with two attached hydrogens (primary N) is 1. The first-order valence-electron chi connectivity index (χ1n) is 4.15. The summed E-state index contributed by atoms with van der Waals surface area (Å²) >= 11 is 0. The number of methoxy groups -OCH3 is 1. The van der Waals surface area contributed by atoms with Crippen molar-refractivity contribution < 1.29 is 9.66 Å². The lowest BCUT2D eigenvalue weighted by Gasteiger charge is -2.03. The van der Waals surface area contributed by atoms with Gasteiger partial charge >= 0.3 is 5.69 Å². The Balaban J connectivity index is 3.28. The highest BCUT2D eigenvalue weighted by Gasteiger charge is 2.16. The third-order valence-corrected chi connectivity index (χ3v) is 1.84. The van der Waals surface area contributed by atoms with Crippen molar-refractivity contribution in [1.82, 2.24) is 0 Å². The van der Waals surface area contributed by atoms with Gasteiger partial charge in [-0.2, -0.15) is 10.3 Å². The van der Waals surface area contributed by atoms with Crippen LogP contribution in [-0.2, 0) is 0 Å². The zero-order valence-corrected chi connectivity index (χ0v) is 8.38. The van der Waals surface area contributed by atoms with Gasteiger partial charge in [-0.1, -0.05) is 0 Å². The van der Waals surface area contributed by atoms with E-state index in [1.165, 1.54) is 31.5 Å². The SMILES string of the molecule is COc1ccc(C(N)=NC#N)cc1[N+](=O)[O-]. The molecule has 0 fully saturated rings. The number of hydrogen-bond donors (Lipinski definition) is 1. The van der Waals surface area contributed by atoms with Gasteiger partial charge in [0.1, 0.15) is 5.84 Å². The summed E-state index contributed by atoms with van der Waals surface area (Å²) in [5, 5.41) is 19.0. The van der Waals surface area contributed by atoms with Gasteiger partial charge in [-0.3, -0.25) is 10.1 Å². The topological polar surface area (TPSA) is 115 Å². The Hall–Kier alpha value is -2.62. The van der Waals surface area contributed by atoms with Crippen LogP contribution < -0.4 is 10.5 Å². The minimum atomic E-state index is -0.595. The van der Waals surface area contributed by atoms with E-state index in [-0.39, 0.29) is 17.3 Å². The molecule has 1 aromatic carbocycles. The Bertz CT molecular complexity index is 490. The molecule has 1 rings (SSSR count). The summed E-state index contributed by atoms with van der Waals surface area (Å²) < 4.78 is 4.81. The molecular formula is C9H8N4O3. The highest BCUT2D eigenvalue weighted by molar-refractivity contribution is 5.98. The standard InChI is InChI=1S/C9H8N4O3/c1-16-8-3-2-6(9(11)12-5-10)4-7(8)13(14)15/h2-4H,1H3,(H2,11,12). The Morgan fingerprint density at radius 1 is 1.69 bits per heavy atom. The van der Waals surface area contributed by atoms with Crippen molar-refractivity contribution >= 4 is 11.5 Å². The molecule has 0 atom stereocenters. The van der Waals surface area contributed by atoms with Crippen LogP contribution in [0.2, 0.25) is 0 Å². The quantitative estimate of drug-likeness (QED) is 0.266. The molecule has 82 valence electrons. The number of nitrogens with zero attached hydrogens (tertiary/aromatic N) is 3. The number of rotatable bonds is 3. The van der Waals surface area contributed by atoms with Crippen molar-refractivity contribution in [3.8, 4) is 11.9 Å². The molecule has 1 aromatic rings. The van der Waals surface area contributed by atoms with Crippen LogP contribution >= 0.6 is 0 Å². The fraction of sp³-hybridized carbons (Fsp3) is 0.111. The Labute approximate surface area is 90.9 Å². The van der Waals surface area contributed by atoms with Crippen LogP contribution in [0.5, 0.6) is 5.75 Å². The molecule has 0 unspecified atom stereocenters. The number of nitro benzene ring substituents is 1. The highest BCUT2D eigenvalue weighted by atomic mass is 16.6. The van der Waals surface area contributed by atoms with Crippen LogP contribution in [0.3, 0.4) is 0 Å². The zero-order chi connectivity index (χ0) is 12.1. The van der Waals surface area contributed by atoms with Gasteiger partial charge in [0.25, 0.3) is 0 Å². The van der Waals surface area contributed by atoms with E-state index in [0.717, 1.165) is 0 Å². The normalized spacial score (nSPS) is 10.6. The molecule has 0 aliphatic carbocycles. The summed E-state index contributed by atoms with van der Waals surface area (Å²) in [5.41, 5.74) is 5.50. The molecule has 7 nitrogen and oxygen atoms in total. The predicted octanol–water partition coefficient (Wildman–Crippen LogP) is 0.790. The molecule has 2 N–H and O–H groups in total. The van der Waals surface area contributed by atoms with Crippen LogP contribution in [0, 0.1) is 21.6 Å². The first-order valence-corrected chi connectivity index (χ1v) is 4.15. The lowest BCUT2D eigenvalue weighted by Crippen LogP contribution is -2.13. The van der Waals surface area contributed by atoms with Gasteiger partial charge in [0.2, 0.25) is 6.19 Å². The van der Waals surface area contributed by atoms with Gasteiger partial charge < -0.3 is 10.5 Å². The van der Waals surface area contributed by atoms with Crippen molar-refractivity contribution in [3.05, 3.63) is 33.9 Å². The van der Waals surface area contributed by atoms with E-state index in [9.17, 15) is 10.1 Å². The van der Waals surface area contributed by atoms with E-state index >= 15 is 0 Å². The van der Waals surface area contributed by atoms with Crippen LogP contribution in [-0.4, -0.2) is 17.9 Å². The second-order valence-electron chi connectivity index (χ2n) is 2.74. The number of nitro groups is 1. The first kappa shape index (κ1) is 11.5. The van der Waals surface area contributed by atoms with Crippen LogP contribution in [0.25, 0.3) is 0 Å². The molecule has 0 heterocycles. The smallest absolute Gasteiger partial charge is 0.311 e. The molecule has 16 heavy (non-hydrogen) atoms. The van der Waals surface area contributed by atoms with Gasteiger partial charge in [-0.05, 0) is 12.1 Å². The van der Waals surface area contributed by atoms with Crippen LogP contribution in [0.1, 0.15) is 5.56 Å². The number of benzene rings is 1. The fourth-order valence-electron chi connectivity index (χ4n) is 1.11. The average Bonchev–Trinajstić information content (AvgIpc) is 2.28. The summed E-state index contributed by atoms with van der Waals surface area (Å²) in [4.78, 5) is 13.4. The molecule has 0 spiro atoms.